The Morgan fingerprint density at radius 3 is 2.94 bits per heavy atom. The van der Waals surface area contributed by atoms with Crippen LogP contribution >= 0.6 is 0 Å². The van der Waals surface area contributed by atoms with Crippen LogP contribution in [-0.4, -0.2) is 35.3 Å². The molecule has 0 bridgehead atoms. The van der Waals surface area contributed by atoms with Gasteiger partial charge in [-0.05, 0) is 31.4 Å². The van der Waals surface area contributed by atoms with Gasteiger partial charge in [0.2, 0.25) is 0 Å². The topological polar surface area (TPSA) is 71.5 Å². The third-order valence-electron chi connectivity index (χ3n) is 3.27. The minimum absolute atomic E-state index is 0.0538. The molecule has 0 aromatic carbocycles. The zero-order valence-electron chi connectivity index (χ0n) is 9.77. The minimum Gasteiger partial charge on any atom is -0.505 e. The average molecular weight is 236 g/mol. The highest BCUT2D eigenvalue weighted by molar-refractivity contribution is 5.94. The van der Waals surface area contributed by atoms with E-state index in [1.54, 1.807) is 13.2 Å². The second-order valence-electron chi connectivity index (χ2n) is 4.29. The Kier molecular flexibility index (Phi) is 3.28. The van der Waals surface area contributed by atoms with Crippen LogP contribution in [-0.2, 0) is 4.74 Å². The summed E-state index contributed by atoms with van der Waals surface area (Å²) in [5.41, 5.74) is -0.168. The van der Waals surface area contributed by atoms with Crippen LogP contribution in [0.3, 0.4) is 0 Å². The van der Waals surface area contributed by atoms with Crippen LogP contribution in [0.1, 0.15) is 29.8 Å². The van der Waals surface area contributed by atoms with Gasteiger partial charge in [-0.3, -0.25) is 4.79 Å². The zero-order chi connectivity index (χ0) is 12.3. The van der Waals surface area contributed by atoms with Crippen molar-refractivity contribution in [2.24, 2.45) is 0 Å². The van der Waals surface area contributed by atoms with Crippen LogP contribution in [0.5, 0.6) is 5.75 Å². The third kappa shape index (κ3) is 2.39. The second kappa shape index (κ2) is 4.71. The fourth-order valence-corrected chi connectivity index (χ4v) is 1.92. The standard InChI is InChI=1S/C12H16N2O3/c1-17-12(5-3-6-12)8-14-11(16)10-9(15)4-2-7-13-10/h2,4,7,15H,3,5-6,8H2,1H3,(H,14,16). The van der Waals surface area contributed by atoms with E-state index < -0.39 is 0 Å². The molecule has 0 radical (unpaired) electrons. The summed E-state index contributed by atoms with van der Waals surface area (Å²) < 4.78 is 5.39. The Balaban J connectivity index is 1.96. The number of nitrogens with one attached hydrogen (secondary N) is 1. The number of rotatable bonds is 4. The molecule has 2 rings (SSSR count). The smallest absolute Gasteiger partial charge is 0.273 e. The van der Waals surface area contributed by atoms with Crippen molar-refractivity contribution in [3.8, 4) is 5.75 Å². The largest absolute Gasteiger partial charge is 0.505 e. The molecule has 1 heterocycles. The van der Waals surface area contributed by atoms with Gasteiger partial charge < -0.3 is 15.2 Å². The summed E-state index contributed by atoms with van der Waals surface area (Å²) in [6.45, 7) is 0.457. The van der Waals surface area contributed by atoms with E-state index in [0.717, 1.165) is 19.3 Å². The van der Waals surface area contributed by atoms with Gasteiger partial charge in [0.1, 0.15) is 5.75 Å². The van der Waals surface area contributed by atoms with E-state index in [-0.39, 0.29) is 23.0 Å². The molecule has 1 aromatic rings. The maximum atomic E-state index is 11.8. The van der Waals surface area contributed by atoms with E-state index in [2.05, 4.69) is 10.3 Å². The molecule has 0 unspecified atom stereocenters. The van der Waals surface area contributed by atoms with Crippen molar-refractivity contribution in [2.45, 2.75) is 24.9 Å². The lowest BCUT2D eigenvalue weighted by Gasteiger charge is -2.40. The molecule has 0 saturated heterocycles. The number of hydrogen-bond acceptors (Lipinski definition) is 4. The first-order valence-corrected chi connectivity index (χ1v) is 5.64. The highest BCUT2D eigenvalue weighted by Crippen LogP contribution is 2.34. The lowest BCUT2D eigenvalue weighted by molar-refractivity contribution is -0.0679. The lowest BCUT2D eigenvalue weighted by atomic mass is 9.80. The number of amides is 1. The number of aromatic hydroxyl groups is 1. The Bertz CT molecular complexity index is 410. The first-order valence-electron chi connectivity index (χ1n) is 5.64. The number of carbonyl (C=O) groups is 1. The predicted molar refractivity (Wildman–Crippen MR) is 61.8 cm³/mol. The molecule has 1 aromatic heterocycles. The van der Waals surface area contributed by atoms with Crippen molar-refractivity contribution in [3.05, 3.63) is 24.0 Å². The number of pyridine rings is 1. The van der Waals surface area contributed by atoms with Crippen molar-refractivity contribution < 1.29 is 14.6 Å². The van der Waals surface area contributed by atoms with Crippen molar-refractivity contribution >= 4 is 5.91 Å². The molecule has 92 valence electrons. The number of nitrogens with zero attached hydrogens (tertiary/aromatic N) is 1. The number of ether oxygens (including phenoxy) is 1. The van der Waals surface area contributed by atoms with Crippen LogP contribution in [0.15, 0.2) is 18.3 Å². The van der Waals surface area contributed by atoms with Crippen LogP contribution in [0.4, 0.5) is 0 Å². The SMILES string of the molecule is COC1(CNC(=O)c2ncccc2O)CCC1. The highest BCUT2D eigenvalue weighted by atomic mass is 16.5. The maximum Gasteiger partial charge on any atom is 0.273 e. The molecule has 5 nitrogen and oxygen atoms in total. The summed E-state index contributed by atoms with van der Waals surface area (Å²) in [5.74, 6) is -0.475. The molecule has 1 fully saturated rings. The number of carbonyl (C=O) groups excluding carboxylic acids is 1. The van der Waals surface area contributed by atoms with Crippen molar-refractivity contribution in [2.75, 3.05) is 13.7 Å². The van der Waals surface area contributed by atoms with Crippen molar-refractivity contribution in [1.29, 1.82) is 0 Å². The summed E-state index contributed by atoms with van der Waals surface area (Å²) in [4.78, 5) is 15.6. The summed E-state index contributed by atoms with van der Waals surface area (Å²) >= 11 is 0. The van der Waals surface area contributed by atoms with E-state index >= 15 is 0 Å². The average Bonchev–Trinajstić information content (AvgIpc) is 2.28. The zero-order valence-corrected chi connectivity index (χ0v) is 9.77. The normalized spacial score (nSPS) is 17.2. The van der Waals surface area contributed by atoms with Gasteiger partial charge >= 0.3 is 0 Å². The van der Waals surface area contributed by atoms with Crippen LogP contribution in [0.25, 0.3) is 0 Å². The van der Waals surface area contributed by atoms with E-state index in [1.165, 1.54) is 12.3 Å². The van der Waals surface area contributed by atoms with Crippen molar-refractivity contribution in [1.82, 2.24) is 10.3 Å². The highest BCUT2D eigenvalue weighted by Gasteiger charge is 2.37. The van der Waals surface area contributed by atoms with E-state index in [0.29, 0.717) is 6.54 Å². The molecule has 0 spiro atoms. The summed E-state index contributed by atoms with van der Waals surface area (Å²) in [5, 5.41) is 12.2. The van der Waals surface area contributed by atoms with Gasteiger partial charge in [-0.2, -0.15) is 0 Å². The Labute approximate surface area is 99.8 Å². The van der Waals surface area contributed by atoms with E-state index in [1.807, 2.05) is 0 Å². The molecule has 1 saturated carbocycles. The van der Waals surface area contributed by atoms with E-state index in [4.69, 9.17) is 4.74 Å². The number of hydrogen-bond donors (Lipinski definition) is 2. The lowest BCUT2D eigenvalue weighted by Crippen LogP contribution is -2.49. The first-order chi connectivity index (χ1) is 8.17. The number of aromatic nitrogens is 1. The summed E-state index contributed by atoms with van der Waals surface area (Å²) in [6.07, 6.45) is 4.51. The van der Waals surface area contributed by atoms with Gasteiger partial charge in [-0.15, -0.1) is 0 Å². The predicted octanol–water partition coefficient (Wildman–Crippen LogP) is 1.09. The van der Waals surface area contributed by atoms with Gasteiger partial charge in [0.05, 0.1) is 5.60 Å². The van der Waals surface area contributed by atoms with E-state index in [9.17, 15) is 9.90 Å². The monoisotopic (exact) mass is 236 g/mol. The Morgan fingerprint density at radius 1 is 1.65 bits per heavy atom. The maximum absolute atomic E-state index is 11.8. The Hall–Kier alpha value is -1.62. The molecule has 2 N–H and O–H groups in total. The third-order valence-corrected chi connectivity index (χ3v) is 3.27. The van der Waals surface area contributed by atoms with Crippen LogP contribution < -0.4 is 5.32 Å². The van der Waals surface area contributed by atoms with Crippen LogP contribution in [0.2, 0.25) is 0 Å². The van der Waals surface area contributed by atoms with Gasteiger partial charge in [0.25, 0.3) is 5.91 Å². The van der Waals surface area contributed by atoms with Crippen molar-refractivity contribution in [3.63, 3.8) is 0 Å². The quantitative estimate of drug-likeness (QED) is 0.820. The second-order valence-corrected chi connectivity index (χ2v) is 4.29. The molecule has 5 heteroatoms. The van der Waals surface area contributed by atoms with Gasteiger partial charge in [0.15, 0.2) is 5.69 Å². The Morgan fingerprint density at radius 2 is 2.41 bits per heavy atom. The van der Waals surface area contributed by atoms with Gasteiger partial charge in [0, 0.05) is 19.9 Å². The molecule has 1 aliphatic carbocycles. The van der Waals surface area contributed by atoms with Crippen LogP contribution in [0, 0.1) is 0 Å². The molecular weight excluding hydrogens is 220 g/mol. The van der Waals surface area contributed by atoms with Gasteiger partial charge in [-0.1, -0.05) is 0 Å². The molecule has 1 aliphatic rings. The molecule has 17 heavy (non-hydrogen) atoms. The fourth-order valence-electron chi connectivity index (χ4n) is 1.92. The minimum atomic E-state index is -0.369. The molecule has 1 amide bonds. The summed E-state index contributed by atoms with van der Waals surface area (Å²) in [7, 11) is 1.66. The summed E-state index contributed by atoms with van der Waals surface area (Å²) in [6, 6.07) is 3.02. The fraction of sp³-hybridized carbons (Fsp3) is 0.500. The molecular formula is C12H16N2O3. The van der Waals surface area contributed by atoms with Gasteiger partial charge in [-0.25, -0.2) is 4.98 Å². The molecule has 0 aliphatic heterocycles. The number of methoxy groups -OCH3 is 1. The first kappa shape index (κ1) is 11.9. The molecule has 0 atom stereocenters.